The largest absolute Gasteiger partial charge is 0.364 e. The van der Waals surface area contributed by atoms with Gasteiger partial charge in [-0.15, -0.1) is 12.4 Å². The second kappa shape index (κ2) is 9.02. The van der Waals surface area contributed by atoms with Crippen LogP contribution in [0.1, 0.15) is 37.2 Å². The van der Waals surface area contributed by atoms with Gasteiger partial charge in [-0.25, -0.2) is 13.1 Å². The predicted molar refractivity (Wildman–Crippen MR) is 92.3 cm³/mol. The lowest BCUT2D eigenvalue weighted by atomic mass is 9.94. The molecule has 0 radical (unpaired) electrons. The lowest BCUT2D eigenvalue weighted by Gasteiger charge is -2.26. The van der Waals surface area contributed by atoms with E-state index in [0.29, 0.717) is 12.8 Å². The number of rotatable bonds is 9. The third-order valence-corrected chi connectivity index (χ3v) is 5.08. The van der Waals surface area contributed by atoms with E-state index in [2.05, 4.69) is 15.0 Å². The highest BCUT2D eigenvalue weighted by Crippen LogP contribution is 2.10. The summed E-state index contributed by atoms with van der Waals surface area (Å²) in [5.74, 6) is -1.27. The highest BCUT2D eigenvalue weighted by Gasteiger charge is 2.22. The molecular weight excluding hydrogens is 358 g/mol. The van der Waals surface area contributed by atoms with Crippen molar-refractivity contribution in [3.8, 4) is 0 Å². The number of hydrogen-bond acceptors (Lipinski definition) is 5. The number of nitrogens with one attached hydrogen (secondary N) is 3. The van der Waals surface area contributed by atoms with Crippen molar-refractivity contribution < 1.29 is 18.0 Å². The SMILES string of the molecule is CCC(N)(CC)CNC(=O)CNS(=O)(=O)c1c[nH]c(C(N)=O)c1.Cl. The average Bonchev–Trinajstić information content (AvgIpc) is 3.02. The Balaban J connectivity index is 0.00000529. The molecule has 138 valence electrons. The minimum absolute atomic E-state index is 0. The monoisotopic (exact) mass is 381 g/mol. The molecule has 1 rings (SSSR count). The summed E-state index contributed by atoms with van der Waals surface area (Å²) in [6, 6.07) is 1.10. The Labute approximate surface area is 147 Å². The summed E-state index contributed by atoms with van der Waals surface area (Å²) in [6.07, 6.45) is 2.50. The van der Waals surface area contributed by atoms with E-state index in [0.717, 1.165) is 12.3 Å². The summed E-state index contributed by atoms with van der Waals surface area (Å²) in [5, 5.41) is 2.60. The molecule has 7 N–H and O–H groups in total. The molecule has 0 saturated carbocycles. The predicted octanol–water partition coefficient (Wildman–Crippen LogP) is -0.553. The maximum Gasteiger partial charge on any atom is 0.265 e. The highest BCUT2D eigenvalue weighted by atomic mass is 35.5. The van der Waals surface area contributed by atoms with Crippen LogP contribution in [0.3, 0.4) is 0 Å². The zero-order valence-corrected chi connectivity index (χ0v) is 15.2. The van der Waals surface area contributed by atoms with Gasteiger partial charge in [0.2, 0.25) is 15.9 Å². The van der Waals surface area contributed by atoms with Gasteiger partial charge in [0.25, 0.3) is 5.91 Å². The van der Waals surface area contributed by atoms with E-state index < -0.39 is 33.9 Å². The van der Waals surface area contributed by atoms with Crippen molar-refractivity contribution in [1.82, 2.24) is 15.0 Å². The van der Waals surface area contributed by atoms with Crippen LogP contribution in [0.5, 0.6) is 0 Å². The zero-order chi connectivity index (χ0) is 17.7. The van der Waals surface area contributed by atoms with Crippen molar-refractivity contribution in [2.45, 2.75) is 37.1 Å². The number of sulfonamides is 1. The molecule has 1 heterocycles. The van der Waals surface area contributed by atoms with Crippen LogP contribution < -0.4 is 21.5 Å². The standard InChI is InChI=1S/C13H23N5O4S.ClH/c1-3-13(15,4-2)8-17-11(19)7-18-23(21,22)9-5-10(12(14)20)16-6-9;/h5-6,16,18H,3-4,7-8,15H2,1-2H3,(H2,14,20)(H,17,19);1H. The number of hydrogen-bond donors (Lipinski definition) is 5. The molecule has 24 heavy (non-hydrogen) atoms. The van der Waals surface area contributed by atoms with Crippen molar-refractivity contribution in [2.24, 2.45) is 11.5 Å². The first-order valence-electron chi connectivity index (χ1n) is 7.17. The van der Waals surface area contributed by atoms with E-state index in [1.54, 1.807) is 0 Å². The first kappa shape index (κ1) is 22.4. The molecule has 9 nitrogen and oxygen atoms in total. The fourth-order valence-electron chi connectivity index (χ4n) is 1.75. The topological polar surface area (TPSA) is 160 Å². The van der Waals surface area contributed by atoms with Gasteiger partial charge in [0, 0.05) is 18.3 Å². The molecule has 11 heteroatoms. The Morgan fingerprint density at radius 1 is 1.29 bits per heavy atom. The van der Waals surface area contributed by atoms with Crippen LogP contribution in [0.2, 0.25) is 0 Å². The third-order valence-electron chi connectivity index (χ3n) is 3.70. The molecule has 0 aliphatic rings. The molecule has 2 amide bonds. The first-order valence-corrected chi connectivity index (χ1v) is 8.65. The number of nitrogens with two attached hydrogens (primary N) is 2. The van der Waals surface area contributed by atoms with E-state index in [9.17, 15) is 18.0 Å². The highest BCUT2D eigenvalue weighted by molar-refractivity contribution is 7.89. The van der Waals surface area contributed by atoms with E-state index in [4.69, 9.17) is 11.5 Å². The van der Waals surface area contributed by atoms with Crippen LogP contribution >= 0.6 is 12.4 Å². The number of amides is 2. The average molecular weight is 382 g/mol. The van der Waals surface area contributed by atoms with Gasteiger partial charge in [0.05, 0.1) is 6.54 Å². The van der Waals surface area contributed by atoms with Crippen molar-refractivity contribution in [1.29, 1.82) is 0 Å². The summed E-state index contributed by atoms with van der Waals surface area (Å²) >= 11 is 0. The van der Waals surface area contributed by atoms with Crippen LogP contribution in [0.25, 0.3) is 0 Å². The zero-order valence-electron chi connectivity index (χ0n) is 13.6. The third kappa shape index (κ3) is 6.11. The van der Waals surface area contributed by atoms with Crippen LogP contribution in [-0.4, -0.2) is 43.8 Å². The van der Waals surface area contributed by atoms with Gasteiger partial charge in [0.1, 0.15) is 10.6 Å². The van der Waals surface area contributed by atoms with Crippen LogP contribution in [0.15, 0.2) is 17.2 Å². The van der Waals surface area contributed by atoms with Gasteiger partial charge < -0.3 is 21.8 Å². The van der Waals surface area contributed by atoms with E-state index >= 15 is 0 Å². The van der Waals surface area contributed by atoms with Crippen LogP contribution in [-0.2, 0) is 14.8 Å². The van der Waals surface area contributed by atoms with Gasteiger partial charge in [-0.1, -0.05) is 13.8 Å². The first-order chi connectivity index (χ1) is 10.6. The number of carbonyl (C=O) groups is 2. The number of aromatic amines is 1. The fraction of sp³-hybridized carbons (Fsp3) is 0.538. The lowest BCUT2D eigenvalue weighted by Crippen LogP contribution is -2.50. The van der Waals surface area contributed by atoms with Crippen molar-refractivity contribution >= 4 is 34.2 Å². The van der Waals surface area contributed by atoms with Crippen molar-refractivity contribution in [2.75, 3.05) is 13.1 Å². The Bertz CT molecular complexity index is 670. The normalized spacial score (nSPS) is 11.6. The van der Waals surface area contributed by atoms with E-state index in [1.807, 2.05) is 13.8 Å². The molecular formula is C13H24ClN5O4S. The Hall–Kier alpha value is -1.62. The molecule has 1 aromatic heterocycles. The Morgan fingerprint density at radius 2 is 1.88 bits per heavy atom. The summed E-state index contributed by atoms with van der Waals surface area (Å²) in [7, 11) is -3.91. The van der Waals surface area contributed by atoms with Gasteiger partial charge in [-0.05, 0) is 18.9 Å². The maximum atomic E-state index is 12.0. The minimum atomic E-state index is -3.91. The second-order valence-electron chi connectivity index (χ2n) is 5.28. The molecule has 0 spiro atoms. The molecule has 0 fully saturated rings. The summed E-state index contributed by atoms with van der Waals surface area (Å²) in [5.41, 5.74) is 10.5. The van der Waals surface area contributed by atoms with E-state index in [1.165, 1.54) is 0 Å². The number of carbonyl (C=O) groups excluding carboxylic acids is 2. The maximum absolute atomic E-state index is 12.0. The molecule has 0 bridgehead atoms. The lowest BCUT2D eigenvalue weighted by molar-refractivity contribution is -0.120. The second-order valence-corrected chi connectivity index (χ2v) is 7.05. The molecule has 0 atom stereocenters. The summed E-state index contributed by atoms with van der Waals surface area (Å²) < 4.78 is 26.1. The smallest absolute Gasteiger partial charge is 0.265 e. The summed E-state index contributed by atoms with van der Waals surface area (Å²) in [6.45, 7) is 3.67. The van der Waals surface area contributed by atoms with E-state index in [-0.39, 0.29) is 29.5 Å². The minimum Gasteiger partial charge on any atom is -0.364 e. The quantitative estimate of drug-likeness (QED) is 0.387. The number of primary amides is 1. The van der Waals surface area contributed by atoms with Gasteiger partial charge >= 0.3 is 0 Å². The molecule has 0 saturated heterocycles. The molecule has 0 aliphatic carbocycles. The van der Waals surface area contributed by atoms with Crippen molar-refractivity contribution in [3.05, 3.63) is 18.0 Å². The number of halogens is 1. The Kier molecular flexibility index (Phi) is 8.41. The number of aromatic nitrogens is 1. The summed E-state index contributed by atoms with van der Waals surface area (Å²) in [4.78, 5) is 25.0. The van der Waals surface area contributed by atoms with Crippen LogP contribution in [0.4, 0.5) is 0 Å². The van der Waals surface area contributed by atoms with Gasteiger partial charge in [-0.3, -0.25) is 9.59 Å². The molecule has 0 aliphatic heterocycles. The molecule has 1 aromatic rings. The Morgan fingerprint density at radius 3 is 2.33 bits per heavy atom. The molecule has 0 unspecified atom stereocenters. The molecule has 0 aromatic carbocycles. The van der Waals surface area contributed by atoms with Gasteiger partial charge in [-0.2, -0.15) is 0 Å². The van der Waals surface area contributed by atoms with Gasteiger partial charge in [0.15, 0.2) is 0 Å². The van der Waals surface area contributed by atoms with Crippen LogP contribution in [0, 0.1) is 0 Å². The number of H-pyrrole nitrogens is 1. The van der Waals surface area contributed by atoms with Crippen molar-refractivity contribution in [3.63, 3.8) is 0 Å². The fourth-order valence-corrected chi connectivity index (χ4v) is 2.73.